The predicted octanol–water partition coefficient (Wildman–Crippen LogP) is 2.62. The molecule has 0 bridgehead atoms. The van der Waals surface area contributed by atoms with E-state index in [2.05, 4.69) is 64.4 Å². The normalized spacial score (nSPS) is 16.1. The highest BCUT2D eigenvalue weighted by Gasteiger charge is 2.26. The van der Waals surface area contributed by atoms with Crippen LogP contribution in [0.1, 0.15) is 5.56 Å². The molecule has 1 saturated heterocycles. The molecule has 1 fully saturated rings. The van der Waals surface area contributed by atoms with Crippen LogP contribution in [0.15, 0.2) is 53.2 Å². The highest BCUT2D eigenvalue weighted by Crippen LogP contribution is 2.46. The summed E-state index contributed by atoms with van der Waals surface area (Å²) in [6.07, 6.45) is 6.94. The lowest BCUT2D eigenvalue weighted by molar-refractivity contribution is 0.204. The molecule has 0 saturated carbocycles. The number of anilines is 3. The number of aromatic nitrogens is 6. The topological polar surface area (TPSA) is 88.3 Å². The van der Waals surface area contributed by atoms with Crippen LogP contribution < -0.4 is 9.80 Å². The van der Waals surface area contributed by atoms with Gasteiger partial charge in [-0.3, -0.25) is 4.90 Å². The van der Waals surface area contributed by atoms with E-state index in [0.717, 1.165) is 70.2 Å². The van der Waals surface area contributed by atoms with Crippen molar-refractivity contribution in [1.29, 1.82) is 0 Å². The van der Waals surface area contributed by atoms with E-state index >= 15 is 0 Å². The minimum Gasteiger partial charge on any atom is -0.364 e. The second-order valence-corrected chi connectivity index (χ2v) is 9.50. The third kappa shape index (κ3) is 3.75. The average Bonchev–Trinajstić information content (AvgIpc) is 3.28. The Morgan fingerprint density at radius 2 is 1.82 bits per heavy atom. The van der Waals surface area contributed by atoms with E-state index < -0.39 is 0 Å². The van der Waals surface area contributed by atoms with E-state index in [1.54, 1.807) is 37.6 Å². The van der Waals surface area contributed by atoms with E-state index in [1.165, 1.54) is 0 Å². The third-order valence-electron chi connectivity index (χ3n) is 6.22. The molecule has 2 aliphatic heterocycles. The van der Waals surface area contributed by atoms with Crippen molar-refractivity contribution in [2.45, 2.75) is 16.5 Å². The summed E-state index contributed by atoms with van der Waals surface area (Å²) in [6.45, 7) is 4.98. The lowest BCUT2D eigenvalue weighted by Crippen LogP contribution is -2.44. The molecule has 4 aromatic rings. The van der Waals surface area contributed by atoms with Crippen LogP contribution in [0.3, 0.4) is 0 Å². The molecule has 5 heterocycles. The number of hydrogen-bond acceptors (Lipinski definition) is 10. The second-order valence-electron chi connectivity index (χ2n) is 8.47. The number of imidazole rings is 1. The van der Waals surface area contributed by atoms with Crippen LogP contribution in [-0.2, 0) is 11.3 Å². The molecule has 2 aliphatic rings. The number of hydrogen-bond donors (Lipinski definition) is 0. The zero-order valence-corrected chi connectivity index (χ0v) is 19.9. The summed E-state index contributed by atoms with van der Waals surface area (Å²) in [4.78, 5) is 30.7. The van der Waals surface area contributed by atoms with E-state index in [9.17, 15) is 0 Å². The van der Waals surface area contributed by atoms with Gasteiger partial charge in [0.15, 0.2) is 22.8 Å². The Morgan fingerprint density at radius 3 is 2.68 bits per heavy atom. The number of rotatable bonds is 5. The number of piperazine rings is 1. The molecule has 0 N–H and O–H groups in total. The minimum atomic E-state index is 0.401. The van der Waals surface area contributed by atoms with Gasteiger partial charge in [-0.25, -0.2) is 24.9 Å². The van der Waals surface area contributed by atoms with Crippen molar-refractivity contribution in [3.8, 4) is 0 Å². The molecule has 34 heavy (non-hydrogen) atoms. The molecule has 0 radical (unpaired) electrons. The molecule has 0 atom stereocenters. The molecule has 1 aromatic carbocycles. The van der Waals surface area contributed by atoms with Gasteiger partial charge in [0.2, 0.25) is 0 Å². The Bertz CT molecular complexity index is 1340. The first kappa shape index (κ1) is 21.3. The van der Waals surface area contributed by atoms with Gasteiger partial charge >= 0.3 is 0 Å². The Kier molecular flexibility index (Phi) is 5.52. The van der Waals surface area contributed by atoms with Crippen molar-refractivity contribution < 1.29 is 4.74 Å². The molecule has 11 heteroatoms. The van der Waals surface area contributed by atoms with Crippen molar-refractivity contribution in [2.24, 2.45) is 0 Å². The van der Waals surface area contributed by atoms with Gasteiger partial charge in [-0.1, -0.05) is 17.8 Å². The van der Waals surface area contributed by atoms with Crippen LogP contribution >= 0.6 is 11.8 Å². The van der Waals surface area contributed by atoms with E-state index in [4.69, 9.17) is 9.72 Å². The first-order chi connectivity index (χ1) is 16.7. The molecule has 10 nitrogen and oxygen atoms in total. The summed E-state index contributed by atoms with van der Waals surface area (Å²) in [7, 11) is 3.84. The van der Waals surface area contributed by atoms with Gasteiger partial charge in [-0.05, 0) is 24.7 Å². The number of ether oxygens (including phenoxy) is 1. The third-order valence-corrected chi connectivity index (χ3v) is 7.27. The quantitative estimate of drug-likeness (QED) is 0.429. The lowest BCUT2D eigenvalue weighted by atomic mass is 10.2. The highest BCUT2D eigenvalue weighted by atomic mass is 32.2. The van der Waals surface area contributed by atoms with Crippen molar-refractivity contribution in [3.63, 3.8) is 0 Å². The summed E-state index contributed by atoms with van der Waals surface area (Å²) < 4.78 is 7.57. The standard InChI is InChI=1S/C23H25N9OS/c1-29-7-9-30(10-8-29)20-19-21(27-13-26-20)31(14-28-19)12-16-3-4-18-17(11-16)32(15-33-2)22-23(34-18)25-6-5-24-22/h3-6,11,13-14H,7-10,12,15H2,1-2H3. The van der Waals surface area contributed by atoms with Crippen LogP contribution in [0, 0.1) is 0 Å². The Balaban J connectivity index is 1.31. The minimum absolute atomic E-state index is 0.401. The zero-order valence-electron chi connectivity index (χ0n) is 19.1. The SMILES string of the molecule is COCN1c2cc(Cn3cnc4c(N5CCN(C)CC5)ncnc43)ccc2Sc2nccnc21. The van der Waals surface area contributed by atoms with Crippen molar-refractivity contribution in [2.75, 3.05) is 56.9 Å². The van der Waals surface area contributed by atoms with Crippen LogP contribution in [-0.4, -0.2) is 81.5 Å². The summed E-state index contributed by atoms with van der Waals surface area (Å²) >= 11 is 1.63. The van der Waals surface area contributed by atoms with E-state index in [1.807, 2.05) is 6.33 Å². The molecular weight excluding hydrogens is 450 g/mol. The molecule has 3 aromatic heterocycles. The molecular formula is C23H25N9OS. The molecule has 0 unspecified atom stereocenters. The van der Waals surface area contributed by atoms with Gasteiger partial charge in [0.05, 0.1) is 18.6 Å². The van der Waals surface area contributed by atoms with Gasteiger partial charge < -0.3 is 19.1 Å². The van der Waals surface area contributed by atoms with Crippen LogP contribution in [0.25, 0.3) is 11.2 Å². The lowest BCUT2D eigenvalue weighted by Gasteiger charge is -2.33. The molecule has 6 rings (SSSR count). The van der Waals surface area contributed by atoms with Crippen LogP contribution in [0.5, 0.6) is 0 Å². The first-order valence-electron chi connectivity index (χ1n) is 11.2. The van der Waals surface area contributed by atoms with Crippen LogP contribution in [0.2, 0.25) is 0 Å². The van der Waals surface area contributed by atoms with E-state index in [0.29, 0.717) is 13.3 Å². The van der Waals surface area contributed by atoms with Gasteiger partial charge in [0, 0.05) is 50.6 Å². The Morgan fingerprint density at radius 1 is 0.971 bits per heavy atom. The maximum absolute atomic E-state index is 5.48. The fourth-order valence-corrected chi connectivity index (χ4v) is 5.43. The highest BCUT2D eigenvalue weighted by molar-refractivity contribution is 7.99. The monoisotopic (exact) mass is 475 g/mol. The summed E-state index contributed by atoms with van der Waals surface area (Å²) in [5, 5.41) is 0.883. The number of likely N-dealkylation sites (N-methyl/N-ethyl adjacent to an activating group) is 1. The zero-order chi connectivity index (χ0) is 23.1. The van der Waals surface area contributed by atoms with Crippen LogP contribution in [0.4, 0.5) is 17.3 Å². The van der Waals surface area contributed by atoms with Gasteiger partial charge in [0.1, 0.15) is 18.1 Å². The fourth-order valence-electron chi connectivity index (χ4n) is 4.44. The largest absolute Gasteiger partial charge is 0.364 e. The van der Waals surface area contributed by atoms with Gasteiger partial charge in [-0.2, -0.15) is 0 Å². The van der Waals surface area contributed by atoms with Crippen molar-refractivity contribution in [1.82, 2.24) is 34.4 Å². The number of nitrogens with zero attached hydrogens (tertiary/aromatic N) is 9. The molecule has 0 aliphatic carbocycles. The van der Waals surface area contributed by atoms with E-state index in [-0.39, 0.29) is 0 Å². The number of methoxy groups -OCH3 is 1. The maximum Gasteiger partial charge on any atom is 0.168 e. The predicted molar refractivity (Wildman–Crippen MR) is 131 cm³/mol. The molecule has 174 valence electrons. The van der Waals surface area contributed by atoms with Crippen molar-refractivity contribution >= 4 is 40.2 Å². The van der Waals surface area contributed by atoms with Crippen molar-refractivity contribution in [3.05, 3.63) is 48.8 Å². The smallest absolute Gasteiger partial charge is 0.168 e. The fraction of sp³-hybridized carbons (Fsp3) is 0.348. The first-order valence-corrected chi connectivity index (χ1v) is 12.0. The Hall–Kier alpha value is -3.28. The average molecular weight is 476 g/mol. The summed E-state index contributed by atoms with van der Waals surface area (Å²) in [5.41, 5.74) is 3.91. The summed E-state index contributed by atoms with van der Waals surface area (Å²) in [5.74, 6) is 1.73. The second kappa shape index (κ2) is 8.82. The summed E-state index contributed by atoms with van der Waals surface area (Å²) in [6, 6.07) is 6.47. The number of benzene rings is 1. The molecule has 0 amide bonds. The molecule has 0 spiro atoms. The Labute approximate surface area is 201 Å². The maximum atomic E-state index is 5.48. The van der Waals surface area contributed by atoms with Gasteiger partial charge in [0.25, 0.3) is 0 Å². The van der Waals surface area contributed by atoms with Gasteiger partial charge in [-0.15, -0.1) is 0 Å². The number of fused-ring (bicyclic) bond motifs is 3.